The molecule has 0 amide bonds. The first-order chi connectivity index (χ1) is 13.7. The Hall–Kier alpha value is -2.58. The molecule has 0 spiro atoms. The smallest absolute Gasteiger partial charge is 0.490 e. The molecule has 1 heterocycles. The summed E-state index contributed by atoms with van der Waals surface area (Å²) in [6, 6.07) is 18.8. The van der Waals surface area contributed by atoms with E-state index in [2.05, 4.69) is 41.3 Å². The highest BCUT2D eigenvalue weighted by atomic mass is 19.4. The van der Waals surface area contributed by atoms with E-state index in [1.807, 2.05) is 18.2 Å². The van der Waals surface area contributed by atoms with E-state index < -0.39 is 12.1 Å². The van der Waals surface area contributed by atoms with E-state index in [1.165, 1.54) is 11.1 Å². The quantitative estimate of drug-likeness (QED) is 0.788. The number of nitrogens with zero attached hydrogens (tertiary/aromatic N) is 1. The van der Waals surface area contributed by atoms with Crippen molar-refractivity contribution in [2.24, 2.45) is 0 Å². The van der Waals surface area contributed by atoms with Crippen molar-refractivity contribution in [1.82, 2.24) is 4.90 Å². The van der Waals surface area contributed by atoms with Crippen LogP contribution in [0.15, 0.2) is 54.6 Å². The molecular weight excluding hydrogens is 387 g/mol. The number of aliphatic hydroxyl groups excluding tert-OH is 1. The van der Waals surface area contributed by atoms with E-state index in [4.69, 9.17) is 14.6 Å². The van der Waals surface area contributed by atoms with E-state index >= 15 is 0 Å². The zero-order valence-electron chi connectivity index (χ0n) is 16.0. The van der Waals surface area contributed by atoms with Crippen molar-refractivity contribution in [3.05, 3.63) is 65.7 Å². The lowest BCUT2D eigenvalue weighted by atomic mass is 10.0. The topological polar surface area (TPSA) is 70.0 Å². The Kier molecular flexibility index (Phi) is 8.04. The highest BCUT2D eigenvalue weighted by Crippen LogP contribution is 2.24. The fourth-order valence-electron chi connectivity index (χ4n) is 3.18. The second kappa shape index (κ2) is 10.3. The van der Waals surface area contributed by atoms with E-state index in [0.717, 1.165) is 31.7 Å². The van der Waals surface area contributed by atoms with Gasteiger partial charge in [-0.1, -0.05) is 42.5 Å². The van der Waals surface area contributed by atoms with Crippen LogP contribution >= 0.6 is 0 Å². The molecule has 0 saturated carbocycles. The molecule has 0 aromatic heterocycles. The minimum atomic E-state index is -5.08. The number of rotatable bonds is 5. The van der Waals surface area contributed by atoms with Crippen molar-refractivity contribution >= 4 is 5.97 Å². The van der Waals surface area contributed by atoms with Crippen molar-refractivity contribution in [2.45, 2.75) is 37.7 Å². The van der Waals surface area contributed by atoms with Crippen LogP contribution in [0.2, 0.25) is 0 Å². The van der Waals surface area contributed by atoms with Crippen LogP contribution in [-0.2, 0) is 17.8 Å². The van der Waals surface area contributed by atoms with Crippen LogP contribution in [0.5, 0.6) is 5.75 Å². The number of carbonyl (C=O) groups is 1. The third-order valence-electron chi connectivity index (χ3n) is 4.70. The number of carboxylic acids is 1. The molecule has 2 aromatic rings. The zero-order valence-corrected chi connectivity index (χ0v) is 16.0. The van der Waals surface area contributed by atoms with Gasteiger partial charge in [0.2, 0.25) is 0 Å². The molecule has 5 nitrogen and oxygen atoms in total. The molecule has 0 radical (unpaired) electrons. The average molecular weight is 411 g/mol. The van der Waals surface area contributed by atoms with Gasteiger partial charge in [0.25, 0.3) is 0 Å². The summed E-state index contributed by atoms with van der Waals surface area (Å²) in [6.07, 6.45) is -3.57. The predicted molar refractivity (Wildman–Crippen MR) is 102 cm³/mol. The molecule has 0 unspecified atom stereocenters. The highest BCUT2D eigenvalue weighted by Gasteiger charge is 2.38. The van der Waals surface area contributed by atoms with Gasteiger partial charge in [-0.2, -0.15) is 13.2 Å². The lowest BCUT2D eigenvalue weighted by Gasteiger charge is -2.26. The summed E-state index contributed by atoms with van der Waals surface area (Å²) in [5.74, 6) is -1.88. The number of alkyl halides is 3. The van der Waals surface area contributed by atoms with E-state index in [-0.39, 0.29) is 12.1 Å². The second-order valence-corrected chi connectivity index (χ2v) is 6.73. The third kappa shape index (κ3) is 7.07. The van der Waals surface area contributed by atoms with Gasteiger partial charge in [0.05, 0.1) is 13.2 Å². The molecule has 1 aliphatic rings. The predicted octanol–water partition coefficient (Wildman–Crippen LogP) is 3.51. The molecule has 29 heavy (non-hydrogen) atoms. The van der Waals surface area contributed by atoms with E-state index in [9.17, 15) is 18.3 Å². The van der Waals surface area contributed by atoms with Gasteiger partial charge in [-0.25, -0.2) is 4.79 Å². The molecule has 2 atom stereocenters. The number of hydrogen-bond acceptors (Lipinski definition) is 4. The summed E-state index contributed by atoms with van der Waals surface area (Å²) in [5.41, 5.74) is 2.54. The fourth-order valence-corrected chi connectivity index (χ4v) is 3.18. The van der Waals surface area contributed by atoms with Gasteiger partial charge in [0, 0.05) is 19.1 Å². The molecule has 0 aliphatic carbocycles. The van der Waals surface area contributed by atoms with Crippen molar-refractivity contribution in [3.8, 4) is 5.75 Å². The SMILES string of the molecule is COc1ccc(CN2CC[C@@H](O)[C@@H]2Cc2ccccc2)cc1.O=C(O)C(F)(F)F. The van der Waals surface area contributed by atoms with Gasteiger partial charge in [0.1, 0.15) is 5.75 Å². The van der Waals surface area contributed by atoms with Crippen LogP contribution in [-0.4, -0.2) is 53.1 Å². The molecule has 0 bridgehead atoms. The number of halogens is 3. The lowest BCUT2D eigenvalue weighted by Crippen LogP contribution is -2.36. The molecule has 2 N–H and O–H groups in total. The van der Waals surface area contributed by atoms with Crippen LogP contribution in [0.3, 0.4) is 0 Å². The highest BCUT2D eigenvalue weighted by molar-refractivity contribution is 5.73. The van der Waals surface area contributed by atoms with Crippen molar-refractivity contribution < 1.29 is 32.9 Å². The maximum atomic E-state index is 10.6. The van der Waals surface area contributed by atoms with Gasteiger partial charge in [-0.3, -0.25) is 4.90 Å². The number of benzene rings is 2. The normalized spacial score (nSPS) is 19.3. The zero-order chi connectivity index (χ0) is 21.4. The second-order valence-electron chi connectivity index (χ2n) is 6.73. The van der Waals surface area contributed by atoms with Crippen LogP contribution in [0.1, 0.15) is 17.5 Å². The summed E-state index contributed by atoms with van der Waals surface area (Å²) < 4.78 is 36.9. The van der Waals surface area contributed by atoms with Gasteiger partial charge >= 0.3 is 12.1 Å². The molecule has 1 saturated heterocycles. The lowest BCUT2D eigenvalue weighted by molar-refractivity contribution is -0.192. The van der Waals surface area contributed by atoms with Crippen molar-refractivity contribution in [3.63, 3.8) is 0 Å². The molecule has 1 aliphatic heterocycles. The standard InChI is InChI=1S/C19H23NO2.C2HF3O2/c1-22-17-9-7-16(8-10-17)14-20-12-11-19(21)18(20)13-15-5-3-2-4-6-15;3-2(4,5)1(6)7/h2-10,18-19,21H,11-14H2,1H3;(H,6,7)/t18-,19+;/m0./s1. The molecule has 2 aromatic carbocycles. The van der Waals surface area contributed by atoms with Crippen LogP contribution < -0.4 is 4.74 Å². The first kappa shape index (κ1) is 22.7. The maximum Gasteiger partial charge on any atom is 0.490 e. The Bertz CT molecular complexity index is 766. The van der Waals surface area contributed by atoms with Crippen LogP contribution in [0.25, 0.3) is 0 Å². The Balaban J connectivity index is 0.000000370. The van der Waals surface area contributed by atoms with E-state index in [0.29, 0.717) is 0 Å². The first-order valence-corrected chi connectivity index (χ1v) is 9.09. The molecular formula is C21H24F3NO4. The molecule has 8 heteroatoms. The Morgan fingerprint density at radius 2 is 1.69 bits per heavy atom. The van der Waals surface area contributed by atoms with Crippen LogP contribution in [0, 0.1) is 0 Å². The Morgan fingerprint density at radius 1 is 1.10 bits per heavy atom. The summed E-state index contributed by atoms with van der Waals surface area (Å²) >= 11 is 0. The third-order valence-corrected chi connectivity index (χ3v) is 4.70. The fraction of sp³-hybridized carbons (Fsp3) is 0.381. The first-order valence-electron chi connectivity index (χ1n) is 9.09. The van der Waals surface area contributed by atoms with Gasteiger partial charge < -0.3 is 14.9 Å². The number of carboxylic acid groups (broad SMARTS) is 1. The molecule has 3 rings (SSSR count). The number of aliphatic carboxylic acids is 1. The van der Waals surface area contributed by atoms with E-state index in [1.54, 1.807) is 7.11 Å². The van der Waals surface area contributed by atoms with Crippen LogP contribution in [0.4, 0.5) is 13.2 Å². The maximum absolute atomic E-state index is 10.6. The summed E-state index contributed by atoms with van der Waals surface area (Å²) in [5, 5.41) is 17.4. The molecule has 1 fully saturated rings. The largest absolute Gasteiger partial charge is 0.497 e. The van der Waals surface area contributed by atoms with Gasteiger partial charge in [-0.15, -0.1) is 0 Å². The van der Waals surface area contributed by atoms with Gasteiger partial charge in [-0.05, 0) is 36.1 Å². The minimum Gasteiger partial charge on any atom is -0.497 e. The van der Waals surface area contributed by atoms with Gasteiger partial charge in [0.15, 0.2) is 0 Å². The Morgan fingerprint density at radius 3 is 2.21 bits per heavy atom. The number of likely N-dealkylation sites (tertiary alicyclic amines) is 1. The summed E-state index contributed by atoms with van der Waals surface area (Å²) in [4.78, 5) is 11.3. The number of hydrogen-bond donors (Lipinski definition) is 2. The molecule has 158 valence electrons. The van der Waals surface area contributed by atoms with Crippen molar-refractivity contribution in [2.75, 3.05) is 13.7 Å². The minimum absolute atomic E-state index is 0.199. The average Bonchev–Trinajstić information content (AvgIpc) is 3.02. The summed E-state index contributed by atoms with van der Waals surface area (Å²) in [7, 11) is 1.68. The Labute approximate surface area is 167 Å². The number of methoxy groups -OCH3 is 1. The number of ether oxygens (including phenoxy) is 1. The van der Waals surface area contributed by atoms with Crippen molar-refractivity contribution in [1.29, 1.82) is 0 Å². The monoisotopic (exact) mass is 411 g/mol. The summed E-state index contributed by atoms with van der Waals surface area (Å²) in [6.45, 7) is 1.82. The number of aliphatic hydroxyl groups is 1.